The van der Waals surface area contributed by atoms with Crippen LogP contribution in [-0.2, 0) is 6.18 Å². The number of ether oxygens (including phenoxy) is 1. The number of benzene rings is 2. The third-order valence-electron chi connectivity index (χ3n) is 3.01. The lowest BCUT2D eigenvalue weighted by molar-refractivity contribution is -0.138. The molecule has 0 saturated carbocycles. The van der Waals surface area contributed by atoms with Gasteiger partial charge in [-0.25, -0.2) is 4.39 Å². The van der Waals surface area contributed by atoms with Crippen molar-refractivity contribution in [1.29, 1.82) is 0 Å². The summed E-state index contributed by atoms with van der Waals surface area (Å²) in [6.45, 7) is 0. The van der Waals surface area contributed by atoms with Gasteiger partial charge in [-0.2, -0.15) is 13.2 Å². The van der Waals surface area contributed by atoms with Crippen molar-refractivity contribution in [2.24, 2.45) is 0 Å². The molecule has 0 fully saturated rings. The molecule has 0 amide bonds. The monoisotopic (exact) mass is 318 g/mol. The van der Waals surface area contributed by atoms with Crippen molar-refractivity contribution in [2.75, 3.05) is 7.11 Å². The Morgan fingerprint density at radius 1 is 1.10 bits per heavy atom. The highest BCUT2D eigenvalue weighted by Crippen LogP contribution is 2.39. The minimum Gasteiger partial charge on any atom is -0.494 e. The molecule has 1 nitrogen and oxygen atoms in total. The van der Waals surface area contributed by atoms with Crippen LogP contribution in [0, 0.1) is 5.82 Å². The van der Waals surface area contributed by atoms with Gasteiger partial charge in [-0.15, -0.1) is 11.6 Å². The van der Waals surface area contributed by atoms with E-state index in [1.165, 1.54) is 37.4 Å². The van der Waals surface area contributed by atoms with Gasteiger partial charge in [0.2, 0.25) is 0 Å². The number of hydrogen-bond donors (Lipinski definition) is 0. The summed E-state index contributed by atoms with van der Waals surface area (Å²) in [5.74, 6) is -0.670. The summed E-state index contributed by atoms with van der Waals surface area (Å²) in [5.41, 5.74) is -0.718. The average molecular weight is 319 g/mol. The predicted molar refractivity (Wildman–Crippen MR) is 72.1 cm³/mol. The molecule has 0 saturated heterocycles. The van der Waals surface area contributed by atoms with Crippen LogP contribution in [0.1, 0.15) is 22.1 Å². The smallest absolute Gasteiger partial charge is 0.416 e. The summed E-state index contributed by atoms with van der Waals surface area (Å²) in [6, 6.07) is 8.81. The molecule has 0 aliphatic rings. The number of alkyl halides is 4. The molecule has 0 radical (unpaired) electrons. The Morgan fingerprint density at radius 2 is 1.76 bits per heavy atom. The molecular formula is C15H11ClF4O. The van der Waals surface area contributed by atoms with Gasteiger partial charge in [0.15, 0.2) is 11.6 Å². The van der Waals surface area contributed by atoms with Gasteiger partial charge in [0.1, 0.15) is 0 Å². The standard InChI is InChI=1S/C15H11ClF4O/c1-21-13-7-6-9(8-12(13)17)14(16)10-4-2-3-5-11(10)15(18,19)20/h2-8,14H,1H3. The van der Waals surface area contributed by atoms with E-state index in [-0.39, 0.29) is 16.9 Å². The van der Waals surface area contributed by atoms with Gasteiger partial charge in [-0.05, 0) is 29.3 Å². The molecule has 0 spiro atoms. The first-order valence-electron chi connectivity index (χ1n) is 5.98. The fraction of sp³-hybridized carbons (Fsp3) is 0.200. The third-order valence-corrected chi connectivity index (χ3v) is 3.49. The van der Waals surface area contributed by atoms with Crippen molar-refractivity contribution in [3.63, 3.8) is 0 Å². The van der Waals surface area contributed by atoms with Crippen LogP contribution in [0.4, 0.5) is 17.6 Å². The van der Waals surface area contributed by atoms with Crippen molar-refractivity contribution >= 4 is 11.6 Å². The van der Waals surface area contributed by atoms with Crippen LogP contribution in [0.2, 0.25) is 0 Å². The molecule has 0 aliphatic heterocycles. The number of halogens is 5. The third kappa shape index (κ3) is 3.29. The van der Waals surface area contributed by atoms with Crippen molar-refractivity contribution in [3.8, 4) is 5.75 Å². The maximum atomic E-state index is 13.7. The van der Waals surface area contributed by atoms with Gasteiger partial charge in [0.05, 0.1) is 18.1 Å². The van der Waals surface area contributed by atoms with Crippen LogP contribution in [0.15, 0.2) is 42.5 Å². The van der Waals surface area contributed by atoms with Crippen LogP contribution in [0.5, 0.6) is 5.75 Å². The van der Waals surface area contributed by atoms with E-state index in [0.717, 1.165) is 12.1 Å². The van der Waals surface area contributed by atoms with E-state index in [2.05, 4.69) is 0 Å². The van der Waals surface area contributed by atoms with Crippen molar-refractivity contribution in [1.82, 2.24) is 0 Å². The first-order chi connectivity index (χ1) is 9.84. The molecule has 2 rings (SSSR count). The SMILES string of the molecule is COc1ccc(C(Cl)c2ccccc2C(F)(F)F)cc1F. The van der Waals surface area contributed by atoms with Gasteiger partial charge >= 0.3 is 6.18 Å². The molecule has 0 heterocycles. The van der Waals surface area contributed by atoms with E-state index in [0.29, 0.717) is 0 Å². The first-order valence-corrected chi connectivity index (χ1v) is 6.42. The Morgan fingerprint density at radius 3 is 2.33 bits per heavy atom. The van der Waals surface area contributed by atoms with Crippen LogP contribution in [0.3, 0.4) is 0 Å². The van der Waals surface area contributed by atoms with E-state index in [4.69, 9.17) is 16.3 Å². The first kappa shape index (κ1) is 15.6. The number of methoxy groups -OCH3 is 1. The van der Waals surface area contributed by atoms with E-state index in [9.17, 15) is 17.6 Å². The topological polar surface area (TPSA) is 9.23 Å². The molecule has 0 aromatic heterocycles. The molecule has 2 aromatic carbocycles. The Balaban J connectivity index is 2.45. The van der Waals surface area contributed by atoms with Crippen LogP contribution in [-0.4, -0.2) is 7.11 Å². The molecule has 112 valence electrons. The second kappa shape index (κ2) is 5.93. The molecule has 0 aliphatic carbocycles. The highest BCUT2D eigenvalue weighted by Gasteiger charge is 2.35. The Labute approximate surface area is 124 Å². The van der Waals surface area contributed by atoms with Gasteiger partial charge in [-0.1, -0.05) is 24.3 Å². The molecule has 2 aromatic rings. The summed E-state index contributed by atoms with van der Waals surface area (Å²) in [4.78, 5) is 0. The van der Waals surface area contributed by atoms with E-state index < -0.39 is 22.9 Å². The lowest BCUT2D eigenvalue weighted by Gasteiger charge is -2.17. The quantitative estimate of drug-likeness (QED) is 0.559. The number of rotatable bonds is 3. The van der Waals surface area contributed by atoms with Crippen molar-refractivity contribution in [3.05, 3.63) is 65.0 Å². The molecule has 0 N–H and O–H groups in total. The fourth-order valence-electron chi connectivity index (χ4n) is 2.00. The molecular weight excluding hydrogens is 308 g/mol. The minimum atomic E-state index is -4.52. The maximum Gasteiger partial charge on any atom is 0.416 e. The molecule has 21 heavy (non-hydrogen) atoms. The van der Waals surface area contributed by atoms with E-state index in [1.807, 2.05) is 0 Å². The molecule has 6 heteroatoms. The Hall–Kier alpha value is -1.75. The zero-order chi connectivity index (χ0) is 15.6. The van der Waals surface area contributed by atoms with Crippen LogP contribution < -0.4 is 4.74 Å². The van der Waals surface area contributed by atoms with Gasteiger partial charge < -0.3 is 4.74 Å². The minimum absolute atomic E-state index is 0.00623. The fourth-order valence-corrected chi connectivity index (χ4v) is 2.32. The Kier molecular flexibility index (Phi) is 4.42. The lowest BCUT2D eigenvalue weighted by atomic mass is 9.98. The lowest BCUT2D eigenvalue weighted by Crippen LogP contribution is -2.10. The summed E-state index contributed by atoms with van der Waals surface area (Å²) in [6.07, 6.45) is -4.52. The largest absolute Gasteiger partial charge is 0.494 e. The van der Waals surface area contributed by atoms with Crippen molar-refractivity contribution < 1.29 is 22.3 Å². The average Bonchev–Trinajstić information content (AvgIpc) is 2.45. The highest BCUT2D eigenvalue weighted by molar-refractivity contribution is 6.22. The van der Waals surface area contributed by atoms with Gasteiger partial charge in [-0.3, -0.25) is 0 Å². The normalized spacial score (nSPS) is 13.0. The predicted octanol–water partition coefficient (Wildman–Crippen LogP) is 5.18. The summed E-state index contributed by atoms with van der Waals surface area (Å²) in [5, 5.41) is -1.11. The maximum absolute atomic E-state index is 13.7. The van der Waals surface area contributed by atoms with Gasteiger partial charge in [0, 0.05) is 0 Å². The zero-order valence-electron chi connectivity index (χ0n) is 10.9. The van der Waals surface area contributed by atoms with Crippen LogP contribution in [0.25, 0.3) is 0 Å². The van der Waals surface area contributed by atoms with Crippen LogP contribution >= 0.6 is 11.6 Å². The number of hydrogen-bond acceptors (Lipinski definition) is 1. The second-order valence-electron chi connectivity index (χ2n) is 4.34. The van der Waals surface area contributed by atoms with E-state index >= 15 is 0 Å². The summed E-state index contributed by atoms with van der Waals surface area (Å²) < 4.78 is 57.3. The Bertz CT molecular complexity index is 640. The van der Waals surface area contributed by atoms with E-state index in [1.54, 1.807) is 0 Å². The molecule has 0 bridgehead atoms. The summed E-state index contributed by atoms with van der Waals surface area (Å²) in [7, 11) is 1.30. The summed E-state index contributed by atoms with van der Waals surface area (Å²) >= 11 is 6.10. The zero-order valence-corrected chi connectivity index (χ0v) is 11.7. The van der Waals surface area contributed by atoms with Crippen molar-refractivity contribution in [2.45, 2.75) is 11.6 Å². The molecule has 1 unspecified atom stereocenters. The molecule has 1 atom stereocenters. The highest BCUT2D eigenvalue weighted by atomic mass is 35.5. The van der Waals surface area contributed by atoms with Gasteiger partial charge in [0.25, 0.3) is 0 Å². The second-order valence-corrected chi connectivity index (χ2v) is 4.78.